The fourth-order valence-electron chi connectivity index (χ4n) is 2.08. The number of nitrogens with one attached hydrogen (secondary N) is 2. The lowest BCUT2D eigenvalue weighted by atomic mass is 10.0. The van der Waals surface area contributed by atoms with Crippen molar-refractivity contribution in [1.82, 2.24) is 10.6 Å². The van der Waals surface area contributed by atoms with E-state index in [9.17, 15) is 0 Å². The van der Waals surface area contributed by atoms with Crippen LogP contribution in [0.3, 0.4) is 0 Å². The molecule has 0 bridgehead atoms. The van der Waals surface area contributed by atoms with Gasteiger partial charge in [-0.15, -0.1) is 0 Å². The molecule has 0 aromatic heterocycles. The van der Waals surface area contributed by atoms with Gasteiger partial charge in [-0.05, 0) is 32.2 Å². The Morgan fingerprint density at radius 2 is 2.31 bits per heavy atom. The summed E-state index contributed by atoms with van der Waals surface area (Å²) >= 11 is 0. The van der Waals surface area contributed by atoms with Crippen LogP contribution in [0, 0.1) is 0 Å². The fraction of sp³-hybridized carbons (Fsp3) is 1.00. The van der Waals surface area contributed by atoms with Crippen LogP contribution < -0.4 is 10.6 Å². The van der Waals surface area contributed by atoms with Crippen molar-refractivity contribution in [2.75, 3.05) is 13.1 Å². The zero-order chi connectivity index (χ0) is 9.52. The molecule has 1 aliphatic rings. The van der Waals surface area contributed by atoms with Crippen molar-refractivity contribution in [1.29, 1.82) is 0 Å². The summed E-state index contributed by atoms with van der Waals surface area (Å²) in [6.07, 6.45) is 6.58. The van der Waals surface area contributed by atoms with Crippen molar-refractivity contribution < 1.29 is 0 Å². The second-order valence-electron chi connectivity index (χ2n) is 4.10. The maximum Gasteiger partial charge on any atom is 0.0195 e. The molecule has 1 aliphatic heterocycles. The van der Waals surface area contributed by atoms with Gasteiger partial charge in [0.1, 0.15) is 0 Å². The highest BCUT2D eigenvalue weighted by molar-refractivity contribution is 4.78. The predicted molar refractivity (Wildman–Crippen MR) is 58.0 cm³/mol. The molecule has 2 unspecified atom stereocenters. The van der Waals surface area contributed by atoms with Gasteiger partial charge in [-0.25, -0.2) is 0 Å². The third-order valence-electron chi connectivity index (χ3n) is 2.90. The van der Waals surface area contributed by atoms with Crippen LogP contribution >= 0.6 is 0 Å². The van der Waals surface area contributed by atoms with E-state index in [2.05, 4.69) is 24.5 Å². The van der Waals surface area contributed by atoms with Crippen LogP contribution in [0.25, 0.3) is 0 Å². The van der Waals surface area contributed by atoms with Gasteiger partial charge in [0.2, 0.25) is 0 Å². The zero-order valence-electron chi connectivity index (χ0n) is 9.10. The lowest BCUT2D eigenvalue weighted by molar-refractivity contribution is 0.334. The van der Waals surface area contributed by atoms with Gasteiger partial charge in [-0.1, -0.05) is 20.3 Å². The lowest BCUT2D eigenvalue weighted by Gasteiger charge is -2.28. The molecule has 78 valence electrons. The molecule has 2 nitrogen and oxygen atoms in total. The van der Waals surface area contributed by atoms with Gasteiger partial charge in [0.05, 0.1) is 0 Å². The van der Waals surface area contributed by atoms with Crippen molar-refractivity contribution in [3.8, 4) is 0 Å². The fourth-order valence-corrected chi connectivity index (χ4v) is 2.08. The van der Waals surface area contributed by atoms with Crippen LogP contribution in [-0.2, 0) is 0 Å². The van der Waals surface area contributed by atoms with E-state index in [1.165, 1.54) is 45.2 Å². The van der Waals surface area contributed by atoms with Crippen molar-refractivity contribution in [2.24, 2.45) is 0 Å². The number of piperidine rings is 1. The summed E-state index contributed by atoms with van der Waals surface area (Å²) in [4.78, 5) is 0. The Hall–Kier alpha value is -0.0800. The van der Waals surface area contributed by atoms with E-state index >= 15 is 0 Å². The Kier molecular flexibility index (Phi) is 5.40. The van der Waals surface area contributed by atoms with Gasteiger partial charge in [-0.3, -0.25) is 0 Å². The van der Waals surface area contributed by atoms with E-state index in [0.29, 0.717) is 0 Å². The molecule has 0 saturated carbocycles. The molecule has 1 heterocycles. The van der Waals surface area contributed by atoms with E-state index < -0.39 is 0 Å². The molecular weight excluding hydrogens is 160 g/mol. The molecular formula is C11H24N2. The van der Waals surface area contributed by atoms with Crippen LogP contribution in [0.1, 0.15) is 46.0 Å². The van der Waals surface area contributed by atoms with Crippen LogP contribution in [-0.4, -0.2) is 25.2 Å². The van der Waals surface area contributed by atoms with Gasteiger partial charge in [0, 0.05) is 18.6 Å². The third kappa shape index (κ3) is 4.10. The first-order chi connectivity index (χ1) is 6.36. The number of rotatable bonds is 5. The van der Waals surface area contributed by atoms with Crippen LogP contribution in [0.5, 0.6) is 0 Å². The molecule has 0 aliphatic carbocycles. The summed E-state index contributed by atoms with van der Waals surface area (Å²) in [5, 5.41) is 7.19. The molecule has 13 heavy (non-hydrogen) atoms. The van der Waals surface area contributed by atoms with Crippen LogP contribution in [0.2, 0.25) is 0 Å². The lowest BCUT2D eigenvalue weighted by Crippen LogP contribution is -2.47. The number of hydrogen-bond donors (Lipinski definition) is 2. The molecule has 2 atom stereocenters. The first-order valence-electron chi connectivity index (χ1n) is 5.83. The summed E-state index contributed by atoms with van der Waals surface area (Å²) in [6.45, 7) is 6.93. The quantitative estimate of drug-likeness (QED) is 0.682. The second-order valence-corrected chi connectivity index (χ2v) is 4.10. The van der Waals surface area contributed by atoms with E-state index in [1.54, 1.807) is 0 Å². The molecule has 2 heteroatoms. The standard InChI is InChI=1S/C11H24N2/c1-3-6-10(4-2)13-11-7-5-8-12-9-11/h10-13H,3-9H2,1-2H3. The summed E-state index contributed by atoms with van der Waals surface area (Å²) in [7, 11) is 0. The largest absolute Gasteiger partial charge is 0.315 e. The van der Waals surface area contributed by atoms with E-state index in [0.717, 1.165) is 12.1 Å². The Labute approximate surface area is 82.5 Å². The van der Waals surface area contributed by atoms with E-state index in [-0.39, 0.29) is 0 Å². The molecule has 0 aromatic rings. The summed E-state index contributed by atoms with van der Waals surface area (Å²) in [6, 6.07) is 1.47. The Balaban J connectivity index is 2.18. The normalized spacial score (nSPS) is 25.8. The van der Waals surface area contributed by atoms with Crippen molar-refractivity contribution in [3.05, 3.63) is 0 Å². The summed E-state index contributed by atoms with van der Waals surface area (Å²) < 4.78 is 0. The van der Waals surface area contributed by atoms with Gasteiger partial charge >= 0.3 is 0 Å². The topological polar surface area (TPSA) is 24.1 Å². The first-order valence-corrected chi connectivity index (χ1v) is 5.83. The monoisotopic (exact) mass is 184 g/mol. The van der Waals surface area contributed by atoms with Gasteiger partial charge < -0.3 is 10.6 Å². The molecule has 0 radical (unpaired) electrons. The van der Waals surface area contributed by atoms with Gasteiger partial charge in [0.25, 0.3) is 0 Å². The Morgan fingerprint density at radius 1 is 1.46 bits per heavy atom. The number of hydrogen-bond acceptors (Lipinski definition) is 2. The van der Waals surface area contributed by atoms with E-state index in [4.69, 9.17) is 0 Å². The Bertz CT molecular complexity index is 117. The smallest absolute Gasteiger partial charge is 0.0195 e. The Morgan fingerprint density at radius 3 is 2.85 bits per heavy atom. The maximum atomic E-state index is 3.74. The molecule has 0 amide bonds. The van der Waals surface area contributed by atoms with Gasteiger partial charge in [0.15, 0.2) is 0 Å². The molecule has 0 aromatic carbocycles. The predicted octanol–water partition coefficient (Wildman–Crippen LogP) is 1.91. The summed E-state index contributed by atoms with van der Waals surface area (Å²) in [5.41, 5.74) is 0. The molecule has 1 saturated heterocycles. The molecule has 2 N–H and O–H groups in total. The van der Waals surface area contributed by atoms with Crippen molar-refractivity contribution in [2.45, 2.75) is 58.0 Å². The highest BCUT2D eigenvalue weighted by Gasteiger charge is 2.15. The maximum absolute atomic E-state index is 3.74. The van der Waals surface area contributed by atoms with E-state index in [1.807, 2.05) is 0 Å². The summed E-state index contributed by atoms with van der Waals surface area (Å²) in [5.74, 6) is 0. The molecule has 1 rings (SSSR count). The molecule has 1 fully saturated rings. The van der Waals surface area contributed by atoms with Crippen LogP contribution in [0.4, 0.5) is 0 Å². The third-order valence-corrected chi connectivity index (χ3v) is 2.90. The highest BCUT2D eigenvalue weighted by atomic mass is 15.0. The van der Waals surface area contributed by atoms with Crippen molar-refractivity contribution >= 4 is 0 Å². The minimum Gasteiger partial charge on any atom is -0.315 e. The van der Waals surface area contributed by atoms with Gasteiger partial charge in [-0.2, -0.15) is 0 Å². The van der Waals surface area contributed by atoms with Crippen LogP contribution in [0.15, 0.2) is 0 Å². The second kappa shape index (κ2) is 6.39. The minimum absolute atomic E-state index is 0.727. The average molecular weight is 184 g/mol. The zero-order valence-corrected chi connectivity index (χ0v) is 9.10. The minimum atomic E-state index is 0.727. The SMILES string of the molecule is CCCC(CC)NC1CCCNC1. The average Bonchev–Trinajstić information content (AvgIpc) is 2.19. The first kappa shape index (κ1) is 11.0. The molecule has 0 spiro atoms. The highest BCUT2D eigenvalue weighted by Crippen LogP contribution is 2.07. The van der Waals surface area contributed by atoms with Crippen molar-refractivity contribution in [3.63, 3.8) is 0 Å².